The van der Waals surface area contributed by atoms with Crippen LogP contribution >= 0.6 is 24.0 Å². The molecule has 0 unspecified atom stereocenters. The molecule has 0 amide bonds. The minimum absolute atomic E-state index is 0. The summed E-state index contributed by atoms with van der Waals surface area (Å²) in [6.45, 7) is 12.8. The van der Waals surface area contributed by atoms with E-state index in [4.69, 9.17) is 4.42 Å². The molecule has 1 aromatic heterocycles. The molecule has 0 saturated carbocycles. The van der Waals surface area contributed by atoms with Crippen molar-refractivity contribution in [1.29, 1.82) is 0 Å². The van der Waals surface area contributed by atoms with Gasteiger partial charge in [-0.2, -0.15) is 0 Å². The molecule has 1 aliphatic rings. The monoisotopic (exact) mass is 489 g/mol. The highest BCUT2D eigenvalue weighted by molar-refractivity contribution is 14.0. The highest BCUT2D eigenvalue weighted by Gasteiger charge is 2.21. The minimum atomic E-state index is 0. The number of piperidine rings is 1. The first-order chi connectivity index (χ1) is 12.5. The lowest BCUT2D eigenvalue weighted by Gasteiger charge is -2.32. The van der Waals surface area contributed by atoms with Gasteiger partial charge < -0.3 is 14.6 Å². The van der Waals surface area contributed by atoms with Crippen LogP contribution in [0.25, 0.3) is 0 Å². The molecule has 27 heavy (non-hydrogen) atoms. The van der Waals surface area contributed by atoms with Crippen LogP contribution in [-0.2, 0) is 6.54 Å². The molecule has 1 fully saturated rings. The summed E-state index contributed by atoms with van der Waals surface area (Å²) in [7, 11) is 3.95. The number of rotatable bonds is 8. The van der Waals surface area contributed by atoms with Crippen LogP contribution in [0.4, 0.5) is 0 Å². The van der Waals surface area contributed by atoms with Gasteiger partial charge in [-0.3, -0.25) is 9.89 Å². The summed E-state index contributed by atoms with van der Waals surface area (Å²) in [6, 6.07) is 0. The minimum Gasteiger partial charge on any atom is -0.444 e. The number of oxazole rings is 1. The first-order valence-electron chi connectivity index (χ1n) is 9.71. The van der Waals surface area contributed by atoms with Crippen LogP contribution in [0.1, 0.15) is 43.0 Å². The van der Waals surface area contributed by atoms with Gasteiger partial charge in [-0.25, -0.2) is 4.98 Å². The van der Waals surface area contributed by atoms with Crippen molar-refractivity contribution in [1.82, 2.24) is 20.1 Å². The molecule has 1 aromatic rings. The van der Waals surface area contributed by atoms with Crippen LogP contribution in [-0.4, -0.2) is 61.0 Å². The van der Waals surface area contributed by atoms with E-state index in [9.17, 15) is 0 Å². The molecule has 0 spiro atoms. The lowest BCUT2D eigenvalue weighted by atomic mass is 9.97. The molecule has 7 heteroatoms. The Hall–Kier alpha value is -1.09. The van der Waals surface area contributed by atoms with Crippen LogP contribution in [0.15, 0.2) is 22.1 Å². The lowest BCUT2D eigenvalue weighted by Crippen LogP contribution is -2.43. The Kier molecular flexibility index (Phi) is 11.0. The molecule has 154 valence electrons. The molecule has 1 saturated heterocycles. The lowest BCUT2D eigenvalue weighted by molar-refractivity contribution is 0.163. The molecule has 0 bridgehead atoms. The predicted molar refractivity (Wildman–Crippen MR) is 123 cm³/mol. The average Bonchev–Trinajstić information content (AvgIpc) is 2.94. The number of nitrogens with zero attached hydrogens (tertiary/aromatic N) is 4. The second-order valence-corrected chi connectivity index (χ2v) is 7.25. The number of hydrogen-bond acceptors (Lipinski definition) is 4. The fourth-order valence-corrected chi connectivity index (χ4v) is 3.35. The zero-order valence-electron chi connectivity index (χ0n) is 17.3. The maximum absolute atomic E-state index is 5.71. The number of aryl methyl sites for hydroxylation is 2. The summed E-state index contributed by atoms with van der Waals surface area (Å²) < 4.78 is 5.71. The van der Waals surface area contributed by atoms with E-state index in [0.717, 1.165) is 68.9 Å². The maximum Gasteiger partial charge on any atom is 0.208 e. The number of allylic oxidation sites excluding steroid dienone is 1. The number of nitrogens with one attached hydrogen (secondary N) is 1. The zero-order chi connectivity index (χ0) is 18.9. The maximum atomic E-state index is 5.71. The van der Waals surface area contributed by atoms with E-state index in [1.54, 1.807) is 0 Å². The SMILES string of the molecule is C=CCCCN(C)C(=NC)NCC1CCN(Cc2nc(C)c(C)o2)CC1.I. The Morgan fingerprint density at radius 3 is 2.67 bits per heavy atom. The average molecular weight is 489 g/mol. The summed E-state index contributed by atoms with van der Waals surface area (Å²) in [5.41, 5.74) is 1.00. The third-order valence-electron chi connectivity index (χ3n) is 5.16. The van der Waals surface area contributed by atoms with Gasteiger partial charge in [0.2, 0.25) is 5.89 Å². The number of unbranched alkanes of at least 4 members (excludes halogenated alkanes) is 1. The summed E-state index contributed by atoms with van der Waals surface area (Å²) in [6.07, 6.45) is 6.52. The highest BCUT2D eigenvalue weighted by atomic mass is 127. The van der Waals surface area contributed by atoms with E-state index < -0.39 is 0 Å². The Labute approximate surface area is 181 Å². The van der Waals surface area contributed by atoms with Crippen LogP contribution in [0, 0.1) is 19.8 Å². The molecule has 2 heterocycles. The molecule has 0 atom stereocenters. The van der Waals surface area contributed by atoms with Gasteiger partial charge in [0.15, 0.2) is 5.96 Å². The van der Waals surface area contributed by atoms with E-state index in [1.807, 2.05) is 27.0 Å². The number of halogens is 1. The van der Waals surface area contributed by atoms with Gasteiger partial charge in [0.05, 0.1) is 12.2 Å². The van der Waals surface area contributed by atoms with E-state index in [-0.39, 0.29) is 24.0 Å². The fraction of sp³-hybridized carbons (Fsp3) is 0.700. The molecule has 0 aromatic carbocycles. The van der Waals surface area contributed by atoms with Gasteiger partial charge in [-0.15, -0.1) is 30.6 Å². The third kappa shape index (κ3) is 7.81. The second-order valence-electron chi connectivity index (χ2n) is 7.25. The molecule has 0 radical (unpaired) electrons. The van der Waals surface area contributed by atoms with Crippen molar-refractivity contribution in [2.75, 3.05) is 40.3 Å². The number of hydrogen-bond donors (Lipinski definition) is 1. The molecular formula is C20H36IN5O. The Morgan fingerprint density at radius 2 is 2.11 bits per heavy atom. The van der Waals surface area contributed by atoms with Gasteiger partial charge in [-0.1, -0.05) is 6.08 Å². The summed E-state index contributed by atoms with van der Waals surface area (Å²) in [5.74, 6) is 3.46. The standard InChI is InChI=1S/C20H35N5O.HI/c1-6-7-8-11-24(5)20(21-4)22-14-18-9-12-25(13-10-18)15-19-23-16(2)17(3)26-19;/h6,18H,1,7-15H2,2-5H3,(H,21,22);1H. The van der Waals surface area contributed by atoms with Gasteiger partial charge in [0, 0.05) is 27.2 Å². The summed E-state index contributed by atoms with van der Waals surface area (Å²) in [4.78, 5) is 13.5. The van der Waals surface area contributed by atoms with Crippen LogP contribution in [0.5, 0.6) is 0 Å². The van der Waals surface area contributed by atoms with E-state index >= 15 is 0 Å². The fourth-order valence-electron chi connectivity index (χ4n) is 3.35. The van der Waals surface area contributed by atoms with Gasteiger partial charge in [0.25, 0.3) is 0 Å². The van der Waals surface area contributed by atoms with Crippen molar-refractivity contribution >= 4 is 29.9 Å². The van der Waals surface area contributed by atoms with E-state index in [2.05, 4.69) is 38.7 Å². The first kappa shape index (κ1) is 23.9. The molecule has 6 nitrogen and oxygen atoms in total. The van der Waals surface area contributed by atoms with Crippen molar-refractivity contribution in [3.8, 4) is 0 Å². The van der Waals surface area contributed by atoms with Crippen molar-refractivity contribution < 1.29 is 4.42 Å². The zero-order valence-corrected chi connectivity index (χ0v) is 19.7. The highest BCUT2D eigenvalue weighted by Crippen LogP contribution is 2.19. The number of aliphatic imine (C=N–C) groups is 1. The van der Waals surface area contributed by atoms with Gasteiger partial charge >= 0.3 is 0 Å². The van der Waals surface area contributed by atoms with Crippen LogP contribution in [0.2, 0.25) is 0 Å². The molecule has 1 N–H and O–H groups in total. The first-order valence-corrected chi connectivity index (χ1v) is 9.71. The van der Waals surface area contributed by atoms with Crippen LogP contribution < -0.4 is 5.32 Å². The Balaban J connectivity index is 0.00000364. The molecule has 0 aliphatic carbocycles. The van der Waals surface area contributed by atoms with E-state index in [0.29, 0.717) is 5.92 Å². The van der Waals surface area contributed by atoms with Crippen molar-refractivity contribution in [2.24, 2.45) is 10.9 Å². The normalized spacial score (nSPS) is 16.1. The topological polar surface area (TPSA) is 56.9 Å². The second kappa shape index (κ2) is 12.4. The predicted octanol–water partition coefficient (Wildman–Crippen LogP) is 3.59. The third-order valence-corrected chi connectivity index (χ3v) is 5.16. The van der Waals surface area contributed by atoms with E-state index in [1.165, 1.54) is 12.8 Å². The Bertz CT molecular complexity index is 574. The number of aromatic nitrogens is 1. The molecule has 1 aliphatic heterocycles. The van der Waals surface area contributed by atoms with Crippen molar-refractivity contribution in [3.63, 3.8) is 0 Å². The summed E-state index contributed by atoms with van der Waals surface area (Å²) in [5, 5.41) is 3.54. The van der Waals surface area contributed by atoms with Crippen molar-refractivity contribution in [3.05, 3.63) is 30.0 Å². The number of guanidine groups is 1. The largest absolute Gasteiger partial charge is 0.444 e. The quantitative estimate of drug-likeness (QED) is 0.199. The molecule has 2 rings (SSSR count). The van der Waals surface area contributed by atoms with Gasteiger partial charge in [0.1, 0.15) is 5.76 Å². The van der Waals surface area contributed by atoms with Gasteiger partial charge in [-0.05, 0) is 58.5 Å². The number of likely N-dealkylation sites (tertiary alicyclic amines) is 1. The van der Waals surface area contributed by atoms with Crippen molar-refractivity contribution in [2.45, 2.75) is 46.1 Å². The summed E-state index contributed by atoms with van der Waals surface area (Å²) >= 11 is 0. The smallest absolute Gasteiger partial charge is 0.208 e. The Morgan fingerprint density at radius 1 is 1.41 bits per heavy atom. The molecular weight excluding hydrogens is 453 g/mol. The van der Waals surface area contributed by atoms with Crippen LogP contribution in [0.3, 0.4) is 0 Å².